The Hall–Kier alpha value is -0.990. The first-order valence-electron chi connectivity index (χ1n) is 8.08. The van der Waals surface area contributed by atoms with Gasteiger partial charge in [0.2, 0.25) is 5.91 Å². The topological polar surface area (TPSA) is 29.5 Å². The molecule has 1 heterocycles. The zero-order valence-corrected chi connectivity index (χ0v) is 14.5. The van der Waals surface area contributed by atoms with E-state index >= 15 is 0 Å². The summed E-state index contributed by atoms with van der Waals surface area (Å²) < 4.78 is 13.7. The number of hydrogen-bond acceptors (Lipinski definition) is 2. The van der Waals surface area contributed by atoms with Gasteiger partial charge in [-0.1, -0.05) is 26.7 Å². The largest absolute Gasteiger partial charge is 0.272 e. The zero-order valence-electron chi connectivity index (χ0n) is 13.3. The Balaban J connectivity index is 2.20. The van der Waals surface area contributed by atoms with Crippen molar-refractivity contribution >= 4 is 20.5 Å². The maximum Gasteiger partial charge on any atom is 0.249 e. The molecule has 1 aromatic carbocycles. The van der Waals surface area contributed by atoms with Crippen LogP contribution in [0.5, 0.6) is 0 Å². The van der Waals surface area contributed by atoms with E-state index in [2.05, 4.69) is 23.1 Å². The van der Waals surface area contributed by atoms with E-state index in [1.807, 2.05) is 6.07 Å². The number of nitrogens with zero attached hydrogens (tertiary/aromatic N) is 1. The average Bonchev–Trinajstić information content (AvgIpc) is 2.94. The number of rotatable bonds is 6. The Morgan fingerprint density at radius 2 is 2.05 bits per heavy atom. The van der Waals surface area contributed by atoms with Crippen LogP contribution >= 0.6 is 9.24 Å². The molecule has 1 aliphatic rings. The van der Waals surface area contributed by atoms with Crippen molar-refractivity contribution in [3.05, 3.63) is 29.6 Å². The van der Waals surface area contributed by atoms with Crippen LogP contribution in [0.2, 0.25) is 0 Å². The molecule has 0 bridgehead atoms. The van der Waals surface area contributed by atoms with Crippen LogP contribution in [0.1, 0.15) is 57.6 Å². The predicted octanol–water partition coefficient (Wildman–Crippen LogP) is 3.75. The first kappa shape index (κ1) is 17.4. The molecule has 0 aliphatic carbocycles. The van der Waals surface area contributed by atoms with Crippen molar-refractivity contribution in [3.63, 3.8) is 0 Å². The van der Waals surface area contributed by atoms with Gasteiger partial charge in [0.15, 0.2) is 0 Å². The molecule has 22 heavy (non-hydrogen) atoms. The molecular formula is C17H25FNO2P. The lowest BCUT2D eigenvalue weighted by molar-refractivity contribution is -0.182. The molecule has 122 valence electrons. The van der Waals surface area contributed by atoms with Gasteiger partial charge in [-0.2, -0.15) is 0 Å². The van der Waals surface area contributed by atoms with Gasteiger partial charge < -0.3 is 0 Å². The summed E-state index contributed by atoms with van der Waals surface area (Å²) in [4.78, 5) is 18.4. The highest BCUT2D eigenvalue weighted by atomic mass is 31.0. The SMILES string of the molecule is CCCC(CCC)C(=O)N1OCCC1c1cc(F)cc(P)c1. The quantitative estimate of drug-likeness (QED) is 0.746. The molecule has 1 saturated heterocycles. The van der Waals surface area contributed by atoms with Crippen LogP contribution in [0.4, 0.5) is 4.39 Å². The summed E-state index contributed by atoms with van der Waals surface area (Å²) in [5, 5.41) is 2.28. The summed E-state index contributed by atoms with van der Waals surface area (Å²) in [7, 11) is 2.51. The molecular weight excluding hydrogens is 300 g/mol. The Kier molecular flexibility index (Phi) is 6.34. The summed E-state index contributed by atoms with van der Waals surface area (Å²) in [6.45, 7) is 4.68. The first-order chi connectivity index (χ1) is 10.6. The van der Waals surface area contributed by atoms with Crippen LogP contribution in [-0.2, 0) is 9.63 Å². The third kappa shape index (κ3) is 4.05. The van der Waals surface area contributed by atoms with E-state index in [0.29, 0.717) is 13.0 Å². The van der Waals surface area contributed by atoms with Crippen molar-refractivity contribution < 1.29 is 14.0 Å². The summed E-state index contributed by atoms with van der Waals surface area (Å²) in [5.74, 6) is -0.235. The molecule has 2 unspecified atom stereocenters. The van der Waals surface area contributed by atoms with Gasteiger partial charge in [0.05, 0.1) is 12.6 Å². The van der Waals surface area contributed by atoms with Crippen molar-refractivity contribution in [1.29, 1.82) is 0 Å². The van der Waals surface area contributed by atoms with Gasteiger partial charge in [-0.15, -0.1) is 9.24 Å². The Labute approximate surface area is 134 Å². The molecule has 0 N–H and O–H groups in total. The van der Waals surface area contributed by atoms with Gasteiger partial charge in [-0.05, 0) is 41.9 Å². The lowest BCUT2D eigenvalue weighted by atomic mass is 9.96. The molecule has 0 spiro atoms. The Morgan fingerprint density at radius 3 is 2.64 bits per heavy atom. The summed E-state index contributed by atoms with van der Waals surface area (Å²) in [6.07, 6.45) is 4.41. The van der Waals surface area contributed by atoms with E-state index in [1.165, 1.54) is 17.2 Å². The number of amides is 1. The predicted molar refractivity (Wildman–Crippen MR) is 89.2 cm³/mol. The minimum absolute atomic E-state index is 0.000342. The van der Waals surface area contributed by atoms with Gasteiger partial charge in [-0.3, -0.25) is 9.63 Å². The van der Waals surface area contributed by atoms with Crippen LogP contribution < -0.4 is 5.30 Å². The summed E-state index contributed by atoms with van der Waals surface area (Å²) in [5.41, 5.74) is 0.808. The van der Waals surface area contributed by atoms with Crippen LogP contribution in [0, 0.1) is 11.7 Å². The number of hydrogen-bond donors (Lipinski definition) is 0. The highest BCUT2D eigenvalue weighted by Crippen LogP contribution is 2.33. The van der Waals surface area contributed by atoms with E-state index in [1.54, 1.807) is 0 Å². The Morgan fingerprint density at radius 1 is 1.36 bits per heavy atom. The molecule has 1 aliphatic heterocycles. The normalized spacial score (nSPS) is 18.2. The molecule has 0 radical (unpaired) electrons. The van der Waals surface area contributed by atoms with E-state index in [9.17, 15) is 9.18 Å². The monoisotopic (exact) mass is 325 g/mol. The van der Waals surface area contributed by atoms with E-state index in [4.69, 9.17) is 4.84 Å². The van der Waals surface area contributed by atoms with Gasteiger partial charge in [0, 0.05) is 12.3 Å². The average molecular weight is 325 g/mol. The third-order valence-electron chi connectivity index (χ3n) is 4.07. The van der Waals surface area contributed by atoms with Crippen molar-refractivity contribution in [1.82, 2.24) is 5.06 Å². The lowest BCUT2D eigenvalue weighted by Gasteiger charge is -2.27. The number of benzene rings is 1. The molecule has 2 atom stereocenters. The highest BCUT2D eigenvalue weighted by molar-refractivity contribution is 7.27. The van der Waals surface area contributed by atoms with Crippen molar-refractivity contribution in [2.75, 3.05) is 6.61 Å². The molecule has 1 fully saturated rings. The van der Waals surface area contributed by atoms with E-state index < -0.39 is 0 Å². The number of carbonyl (C=O) groups excluding carboxylic acids is 1. The zero-order chi connectivity index (χ0) is 16.1. The molecule has 2 rings (SSSR count). The van der Waals surface area contributed by atoms with Crippen LogP contribution in [0.15, 0.2) is 18.2 Å². The summed E-state index contributed by atoms with van der Waals surface area (Å²) in [6, 6.07) is 4.69. The summed E-state index contributed by atoms with van der Waals surface area (Å²) >= 11 is 0. The minimum atomic E-state index is -0.277. The second kappa shape index (κ2) is 8.03. The van der Waals surface area contributed by atoms with Gasteiger partial charge in [0.25, 0.3) is 0 Å². The van der Waals surface area contributed by atoms with Crippen molar-refractivity contribution in [2.24, 2.45) is 5.92 Å². The number of halogens is 1. The van der Waals surface area contributed by atoms with Crippen LogP contribution in [0.25, 0.3) is 0 Å². The fourth-order valence-electron chi connectivity index (χ4n) is 3.09. The maximum atomic E-state index is 13.7. The van der Waals surface area contributed by atoms with Crippen LogP contribution in [0.3, 0.4) is 0 Å². The van der Waals surface area contributed by atoms with E-state index in [0.717, 1.165) is 36.6 Å². The van der Waals surface area contributed by atoms with Crippen molar-refractivity contribution in [2.45, 2.75) is 52.0 Å². The number of hydroxylamine groups is 2. The molecule has 3 nitrogen and oxygen atoms in total. The minimum Gasteiger partial charge on any atom is -0.272 e. The third-order valence-corrected chi connectivity index (χ3v) is 4.41. The molecule has 1 aromatic rings. The smallest absolute Gasteiger partial charge is 0.249 e. The van der Waals surface area contributed by atoms with E-state index in [-0.39, 0.29) is 23.7 Å². The van der Waals surface area contributed by atoms with Gasteiger partial charge in [0.1, 0.15) is 5.82 Å². The van der Waals surface area contributed by atoms with Crippen LogP contribution in [-0.4, -0.2) is 17.6 Å². The molecule has 1 amide bonds. The highest BCUT2D eigenvalue weighted by Gasteiger charge is 2.35. The lowest BCUT2D eigenvalue weighted by Crippen LogP contribution is -2.35. The van der Waals surface area contributed by atoms with Gasteiger partial charge >= 0.3 is 0 Å². The fourth-order valence-corrected chi connectivity index (χ4v) is 3.44. The molecule has 0 saturated carbocycles. The number of carbonyl (C=O) groups is 1. The first-order valence-corrected chi connectivity index (χ1v) is 8.66. The second-order valence-corrected chi connectivity index (χ2v) is 6.56. The standard InChI is InChI=1S/C17H25FNO2P/c1-3-5-12(6-4-2)17(20)19-16(7-8-21-19)13-9-14(18)11-15(22)10-13/h9-12,16H,3-8,22H2,1-2H3. The van der Waals surface area contributed by atoms with Gasteiger partial charge in [-0.25, -0.2) is 9.45 Å². The molecule has 5 heteroatoms. The van der Waals surface area contributed by atoms with Crippen molar-refractivity contribution in [3.8, 4) is 0 Å². The second-order valence-electron chi connectivity index (χ2n) is 5.89. The maximum absolute atomic E-state index is 13.7. The molecule has 0 aromatic heterocycles. The Bertz CT molecular complexity index is 497. The fraction of sp³-hybridized carbons (Fsp3) is 0.588.